The van der Waals surface area contributed by atoms with Gasteiger partial charge in [0.25, 0.3) is 0 Å². The molecule has 0 aliphatic carbocycles. The van der Waals surface area contributed by atoms with E-state index in [1.807, 2.05) is 0 Å². The summed E-state index contributed by atoms with van der Waals surface area (Å²) in [5, 5.41) is 9.34. The summed E-state index contributed by atoms with van der Waals surface area (Å²) in [7, 11) is 1.35. The molecular formula is C9H9ClF3NO. The van der Waals surface area contributed by atoms with Crippen molar-refractivity contribution in [3.05, 3.63) is 34.3 Å². The van der Waals surface area contributed by atoms with E-state index in [-0.39, 0.29) is 11.6 Å². The lowest BCUT2D eigenvalue weighted by Gasteiger charge is -2.12. The van der Waals surface area contributed by atoms with Crippen LogP contribution in [0.2, 0.25) is 5.02 Å². The standard InChI is InChI=1S/C9H9ClF3NO/c1-14(15)5-6-2-3-8(10)7(4-6)9(11,12)13/h2-4,15H,5H2,1H3. The zero-order valence-electron chi connectivity index (χ0n) is 7.85. The second-order valence-corrected chi connectivity index (χ2v) is 3.53. The van der Waals surface area contributed by atoms with Crippen LogP contribution in [0.1, 0.15) is 11.1 Å². The summed E-state index contributed by atoms with van der Waals surface area (Å²) < 4.78 is 37.2. The Kier molecular flexibility index (Phi) is 3.59. The molecule has 0 aliphatic rings. The fourth-order valence-electron chi connectivity index (χ4n) is 1.15. The highest BCUT2D eigenvalue weighted by molar-refractivity contribution is 6.31. The third-order valence-corrected chi connectivity index (χ3v) is 2.08. The smallest absolute Gasteiger partial charge is 0.314 e. The van der Waals surface area contributed by atoms with Crippen molar-refractivity contribution in [2.24, 2.45) is 0 Å². The van der Waals surface area contributed by atoms with E-state index in [1.165, 1.54) is 19.2 Å². The molecule has 1 rings (SSSR count). The monoisotopic (exact) mass is 239 g/mol. The molecular weight excluding hydrogens is 231 g/mol. The third-order valence-electron chi connectivity index (χ3n) is 1.75. The summed E-state index contributed by atoms with van der Waals surface area (Å²) in [6, 6.07) is 3.53. The highest BCUT2D eigenvalue weighted by Crippen LogP contribution is 2.35. The van der Waals surface area contributed by atoms with Crippen molar-refractivity contribution in [2.45, 2.75) is 12.7 Å². The first-order valence-electron chi connectivity index (χ1n) is 4.06. The summed E-state index contributed by atoms with van der Waals surface area (Å²) >= 11 is 5.42. The van der Waals surface area contributed by atoms with Crippen molar-refractivity contribution in [3.63, 3.8) is 0 Å². The van der Waals surface area contributed by atoms with Crippen molar-refractivity contribution in [1.29, 1.82) is 0 Å². The lowest BCUT2D eigenvalue weighted by Crippen LogP contribution is -2.13. The van der Waals surface area contributed by atoms with Crippen molar-refractivity contribution < 1.29 is 18.4 Å². The Morgan fingerprint density at radius 2 is 2.00 bits per heavy atom. The number of alkyl halides is 3. The fourth-order valence-corrected chi connectivity index (χ4v) is 1.38. The van der Waals surface area contributed by atoms with E-state index in [4.69, 9.17) is 16.8 Å². The van der Waals surface area contributed by atoms with Gasteiger partial charge in [0.2, 0.25) is 0 Å². The van der Waals surface area contributed by atoms with Crippen LogP contribution in [0, 0.1) is 0 Å². The molecule has 0 bridgehead atoms. The van der Waals surface area contributed by atoms with Crippen LogP contribution < -0.4 is 0 Å². The van der Waals surface area contributed by atoms with Crippen LogP contribution >= 0.6 is 11.6 Å². The van der Waals surface area contributed by atoms with Gasteiger partial charge in [-0.1, -0.05) is 17.7 Å². The molecule has 0 atom stereocenters. The molecule has 0 aliphatic heterocycles. The van der Waals surface area contributed by atoms with E-state index in [9.17, 15) is 13.2 Å². The van der Waals surface area contributed by atoms with E-state index in [1.54, 1.807) is 0 Å². The molecule has 0 saturated carbocycles. The Labute approximate surface area is 89.8 Å². The van der Waals surface area contributed by atoms with Crippen molar-refractivity contribution in [1.82, 2.24) is 5.06 Å². The summed E-state index contributed by atoms with van der Waals surface area (Å²) in [6.45, 7) is 0.0141. The van der Waals surface area contributed by atoms with Crippen molar-refractivity contribution in [2.75, 3.05) is 7.05 Å². The first kappa shape index (κ1) is 12.3. The Hall–Kier alpha value is -0.780. The summed E-state index contributed by atoms with van der Waals surface area (Å²) in [4.78, 5) is 0. The molecule has 1 N–H and O–H groups in total. The van der Waals surface area contributed by atoms with Gasteiger partial charge in [-0.25, -0.2) is 0 Å². The maximum Gasteiger partial charge on any atom is 0.417 e. The minimum absolute atomic E-state index is 0.0141. The quantitative estimate of drug-likeness (QED) is 0.802. The second-order valence-electron chi connectivity index (χ2n) is 3.13. The summed E-state index contributed by atoms with van der Waals surface area (Å²) in [5.74, 6) is 0. The number of hydroxylamine groups is 2. The van der Waals surface area contributed by atoms with E-state index in [0.29, 0.717) is 5.56 Å². The van der Waals surface area contributed by atoms with Gasteiger partial charge in [-0.2, -0.15) is 18.2 Å². The van der Waals surface area contributed by atoms with Gasteiger partial charge < -0.3 is 5.21 Å². The van der Waals surface area contributed by atoms with E-state index < -0.39 is 11.7 Å². The van der Waals surface area contributed by atoms with Crippen molar-refractivity contribution in [3.8, 4) is 0 Å². The molecule has 6 heteroatoms. The topological polar surface area (TPSA) is 23.5 Å². The Balaban J connectivity index is 3.06. The highest BCUT2D eigenvalue weighted by Gasteiger charge is 2.33. The van der Waals surface area contributed by atoms with Crippen LogP contribution in [-0.2, 0) is 12.7 Å². The van der Waals surface area contributed by atoms with Crippen molar-refractivity contribution >= 4 is 11.6 Å². The number of rotatable bonds is 2. The Morgan fingerprint density at radius 1 is 1.40 bits per heavy atom. The first-order chi connectivity index (χ1) is 6.80. The zero-order chi connectivity index (χ0) is 11.6. The normalized spacial score (nSPS) is 12.2. The van der Waals surface area contributed by atoms with Crippen LogP contribution in [0.3, 0.4) is 0 Å². The number of hydrogen-bond acceptors (Lipinski definition) is 2. The molecule has 0 unspecified atom stereocenters. The molecule has 0 aromatic heterocycles. The third kappa shape index (κ3) is 3.37. The van der Waals surface area contributed by atoms with E-state index in [2.05, 4.69) is 0 Å². The Morgan fingerprint density at radius 3 is 2.47 bits per heavy atom. The molecule has 0 radical (unpaired) electrons. The second kappa shape index (κ2) is 4.38. The molecule has 0 fully saturated rings. The van der Waals surface area contributed by atoms with Gasteiger partial charge in [0.1, 0.15) is 0 Å². The SMILES string of the molecule is CN(O)Cc1ccc(Cl)c(C(F)(F)F)c1. The molecule has 15 heavy (non-hydrogen) atoms. The molecule has 84 valence electrons. The van der Waals surface area contributed by atoms with E-state index in [0.717, 1.165) is 11.1 Å². The molecule has 0 amide bonds. The van der Waals surface area contributed by atoms with Gasteiger partial charge in [0.05, 0.1) is 10.6 Å². The zero-order valence-corrected chi connectivity index (χ0v) is 8.60. The predicted octanol–water partition coefficient (Wildman–Crippen LogP) is 3.18. The number of halogens is 4. The lowest BCUT2D eigenvalue weighted by molar-refractivity contribution is -0.137. The predicted molar refractivity (Wildman–Crippen MR) is 49.7 cm³/mol. The fraction of sp³-hybridized carbons (Fsp3) is 0.333. The van der Waals surface area contributed by atoms with Crippen LogP contribution in [0.5, 0.6) is 0 Å². The van der Waals surface area contributed by atoms with Gasteiger partial charge in [0.15, 0.2) is 0 Å². The average Bonchev–Trinajstić information content (AvgIpc) is 2.05. The van der Waals surface area contributed by atoms with Gasteiger partial charge in [-0.15, -0.1) is 0 Å². The van der Waals surface area contributed by atoms with Gasteiger partial charge in [-0.05, 0) is 17.7 Å². The lowest BCUT2D eigenvalue weighted by atomic mass is 10.1. The summed E-state index contributed by atoms with van der Waals surface area (Å²) in [6.07, 6.45) is -4.47. The Bertz CT molecular complexity index is 352. The molecule has 2 nitrogen and oxygen atoms in total. The van der Waals surface area contributed by atoms with Crippen LogP contribution in [-0.4, -0.2) is 17.3 Å². The molecule has 0 saturated heterocycles. The maximum atomic E-state index is 12.4. The number of hydrogen-bond donors (Lipinski definition) is 1. The molecule has 1 aromatic carbocycles. The van der Waals surface area contributed by atoms with Crippen LogP contribution in [0.25, 0.3) is 0 Å². The highest BCUT2D eigenvalue weighted by atomic mass is 35.5. The largest absolute Gasteiger partial charge is 0.417 e. The van der Waals surface area contributed by atoms with Gasteiger partial charge in [-0.3, -0.25) is 0 Å². The van der Waals surface area contributed by atoms with Gasteiger partial charge >= 0.3 is 6.18 Å². The van der Waals surface area contributed by atoms with Crippen LogP contribution in [0.4, 0.5) is 13.2 Å². The molecule has 0 spiro atoms. The number of nitrogens with zero attached hydrogens (tertiary/aromatic N) is 1. The minimum Gasteiger partial charge on any atom is -0.314 e. The summed E-state index contributed by atoms with van der Waals surface area (Å²) in [5.41, 5.74) is -0.541. The maximum absolute atomic E-state index is 12.4. The van der Waals surface area contributed by atoms with Crippen LogP contribution in [0.15, 0.2) is 18.2 Å². The molecule has 1 aromatic rings. The minimum atomic E-state index is -4.47. The van der Waals surface area contributed by atoms with E-state index >= 15 is 0 Å². The number of benzene rings is 1. The first-order valence-corrected chi connectivity index (χ1v) is 4.44. The van der Waals surface area contributed by atoms with Gasteiger partial charge in [0, 0.05) is 13.6 Å². The molecule has 0 heterocycles. The average molecular weight is 240 g/mol.